The molecular formula is C21H20F2N4O4S. The zero-order chi connectivity index (χ0) is 23.0. The number of thiazole rings is 1. The number of carbonyl (C=O) groups is 2. The Bertz CT molecular complexity index is 1100. The zero-order valence-electron chi connectivity index (χ0n) is 17.0. The number of rotatable bonds is 6. The van der Waals surface area contributed by atoms with Gasteiger partial charge in [0.15, 0.2) is 10.8 Å². The topological polar surface area (TPSA) is 115 Å². The maximum Gasteiger partial charge on any atom is 0.336 e. The zero-order valence-corrected chi connectivity index (χ0v) is 17.8. The van der Waals surface area contributed by atoms with Crippen molar-refractivity contribution in [3.05, 3.63) is 63.5 Å². The van der Waals surface area contributed by atoms with E-state index < -0.39 is 35.5 Å². The number of halogens is 2. The van der Waals surface area contributed by atoms with Gasteiger partial charge in [0.1, 0.15) is 23.6 Å². The average Bonchev–Trinajstić information content (AvgIpc) is 3.37. The van der Waals surface area contributed by atoms with Crippen molar-refractivity contribution in [1.29, 1.82) is 0 Å². The highest BCUT2D eigenvalue weighted by molar-refractivity contribution is 7.11. The van der Waals surface area contributed by atoms with Crippen LogP contribution in [0, 0.1) is 5.82 Å². The van der Waals surface area contributed by atoms with Crippen molar-refractivity contribution in [1.82, 2.24) is 15.2 Å². The fraction of sp³-hybridized carbons (Fsp3) is 0.333. The number of nitrogens with one attached hydrogen (secondary N) is 1. The molecule has 8 nitrogen and oxygen atoms in total. The van der Waals surface area contributed by atoms with E-state index in [0.717, 1.165) is 0 Å². The molecule has 0 spiro atoms. The lowest BCUT2D eigenvalue weighted by Crippen LogP contribution is -2.46. The number of hydrogen-bond donors (Lipinski definition) is 3. The van der Waals surface area contributed by atoms with E-state index in [4.69, 9.17) is 0 Å². The number of hydrogen-bond acceptors (Lipinski definition) is 7. The summed E-state index contributed by atoms with van der Waals surface area (Å²) in [6.45, 7) is 1.32. The first-order chi connectivity index (χ1) is 15.2. The number of aliphatic carboxylic acids is 2. The molecule has 1 fully saturated rings. The second-order valence-corrected chi connectivity index (χ2v) is 8.67. The number of carboxylic acid groups (broad SMARTS) is 2. The number of carboxylic acids is 2. The summed E-state index contributed by atoms with van der Waals surface area (Å²) in [4.78, 5) is 34.3. The van der Waals surface area contributed by atoms with Crippen molar-refractivity contribution < 1.29 is 28.6 Å². The number of benzene rings is 1. The van der Waals surface area contributed by atoms with Crippen LogP contribution in [-0.2, 0) is 15.1 Å². The lowest BCUT2D eigenvalue weighted by atomic mass is 9.82. The predicted molar refractivity (Wildman–Crippen MR) is 113 cm³/mol. The molecule has 11 heteroatoms. The monoisotopic (exact) mass is 462 g/mol. The lowest BCUT2D eigenvalue weighted by Gasteiger charge is -2.35. The van der Waals surface area contributed by atoms with Gasteiger partial charge in [-0.25, -0.2) is 23.6 Å². The van der Waals surface area contributed by atoms with Crippen LogP contribution in [0.2, 0.25) is 0 Å². The van der Waals surface area contributed by atoms with E-state index in [1.165, 1.54) is 40.5 Å². The molecule has 3 atom stereocenters. The highest BCUT2D eigenvalue weighted by Gasteiger charge is 2.44. The normalized spacial score (nSPS) is 26.0. The highest BCUT2D eigenvalue weighted by Crippen LogP contribution is 2.39. The van der Waals surface area contributed by atoms with Gasteiger partial charge in [0.05, 0.1) is 5.57 Å². The Morgan fingerprint density at radius 2 is 2.03 bits per heavy atom. The maximum atomic E-state index is 14.0. The van der Waals surface area contributed by atoms with Crippen molar-refractivity contribution in [3.8, 4) is 0 Å². The molecule has 0 saturated carbocycles. The molecule has 1 saturated heterocycles. The van der Waals surface area contributed by atoms with Crippen LogP contribution in [0.5, 0.6) is 0 Å². The van der Waals surface area contributed by atoms with Crippen LogP contribution in [0.3, 0.4) is 0 Å². The van der Waals surface area contributed by atoms with E-state index in [0.29, 0.717) is 16.4 Å². The average molecular weight is 462 g/mol. The van der Waals surface area contributed by atoms with Gasteiger partial charge in [-0.15, -0.1) is 11.3 Å². The molecule has 1 aromatic carbocycles. The van der Waals surface area contributed by atoms with Gasteiger partial charge >= 0.3 is 11.9 Å². The molecule has 168 valence electrons. The molecule has 2 aromatic rings. The van der Waals surface area contributed by atoms with Gasteiger partial charge in [-0.2, -0.15) is 0 Å². The Kier molecular flexibility index (Phi) is 5.78. The molecule has 0 radical (unpaired) electrons. The second-order valence-electron chi connectivity index (χ2n) is 7.78. The van der Waals surface area contributed by atoms with E-state index in [-0.39, 0.29) is 30.8 Å². The molecule has 3 heterocycles. The molecule has 4 rings (SSSR count). The van der Waals surface area contributed by atoms with E-state index in [2.05, 4.69) is 15.3 Å². The smallest absolute Gasteiger partial charge is 0.336 e. The summed E-state index contributed by atoms with van der Waals surface area (Å²) in [5, 5.41) is 24.8. The predicted octanol–water partition coefficient (Wildman–Crippen LogP) is 2.38. The summed E-state index contributed by atoms with van der Waals surface area (Å²) in [5.41, 5.74) is -0.932. The van der Waals surface area contributed by atoms with Crippen LogP contribution < -0.4 is 5.32 Å². The van der Waals surface area contributed by atoms with Crippen molar-refractivity contribution in [2.24, 2.45) is 4.99 Å². The Morgan fingerprint density at radius 3 is 2.62 bits per heavy atom. The molecule has 0 aliphatic carbocycles. The van der Waals surface area contributed by atoms with Crippen LogP contribution in [0.4, 0.5) is 8.78 Å². The summed E-state index contributed by atoms with van der Waals surface area (Å²) in [6, 6.07) is 4.27. The molecular weight excluding hydrogens is 442 g/mol. The summed E-state index contributed by atoms with van der Waals surface area (Å²) < 4.78 is 27.6. The van der Waals surface area contributed by atoms with Gasteiger partial charge in [0.25, 0.3) is 0 Å². The van der Waals surface area contributed by atoms with Crippen molar-refractivity contribution >= 4 is 29.1 Å². The first kappa shape index (κ1) is 22.0. The third-order valence-electron chi connectivity index (χ3n) is 5.65. The quantitative estimate of drug-likeness (QED) is 0.604. The lowest BCUT2D eigenvalue weighted by molar-refractivity contribution is -0.142. The molecule has 0 amide bonds. The minimum Gasteiger partial charge on any atom is -0.480 e. The Balaban J connectivity index is 1.84. The second kappa shape index (κ2) is 8.40. The van der Waals surface area contributed by atoms with E-state index in [1.807, 2.05) is 0 Å². The van der Waals surface area contributed by atoms with Crippen LogP contribution >= 0.6 is 11.3 Å². The molecule has 0 bridgehead atoms. The number of alkyl halides is 1. The van der Waals surface area contributed by atoms with Crippen LogP contribution in [0.25, 0.3) is 0 Å². The minimum atomic E-state index is -1.42. The van der Waals surface area contributed by atoms with Gasteiger partial charge in [-0.1, -0.05) is 12.1 Å². The molecule has 1 aromatic heterocycles. The number of likely N-dealkylation sites (tertiary alicyclic amines) is 1. The van der Waals surface area contributed by atoms with Crippen molar-refractivity contribution in [2.45, 2.75) is 31.1 Å². The first-order valence-corrected chi connectivity index (χ1v) is 10.7. The largest absolute Gasteiger partial charge is 0.480 e. The Hall–Kier alpha value is -3.18. The van der Waals surface area contributed by atoms with Gasteiger partial charge in [-0.05, 0) is 24.6 Å². The summed E-state index contributed by atoms with van der Waals surface area (Å²) in [7, 11) is 0. The number of aromatic nitrogens is 1. The van der Waals surface area contributed by atoms with Crippen LogP contribution in [-0.4, -0.2) is 63.2 Å². The summed E-state index contributed by atoms with van der Waals surface area (Å²) in [5.74, 6) is -2.63. The number of nitrogens with zero attached hydrogens (tertiary/aromatic N) is 3. The third kappa shape index (κ3) is 4.00. The first-order valence-electron chi connectivity index (χ1n) is 9.79. The van der Waals surface area contributed by atoms with Crippen LogP contribution in [0.1, 0.15) is 23.9 Å². The van der Waals surface area contributed by atoms with Crippen LogP contribution in [0.15, 0.2) is 52.1 Å². The maximum absolute atomic E-state index is 14.0. The van der Waals surface area contributed by atoms with Crippen molar-refractivity contribution in [3.63, 3.8) is 0 Å². The highest BCUT2D eigenvalue weighted by atomic mass is 32.1. The van der Waals surface area contributed by atoms with E-state index in [9.17, 15) is 28.6 Å². The fourth-order valence-corrected chi connectivity index (χ4v) is 4.75. The van der Waals surface area contributed by atoms with Gasteiger partial charge in [-0.3, -0.25) is 9.69 Å². The van der Waals surface area contributed by atoms with Crippen molar-refractivity contribution in [2.75, 3.05) is 13.1 Å². The molecule has 2 aliphatic heterocycles. The van der Waals surface area contributed by atoms with Gasteiger partial charge in [0, 0.05) is 36.8 Å². The summed E-state index contributed by atoms with van der Waals surface area (Å²) in [6.07, 6.45) is 0.0711. The van der Waals surface area contributed by atoms with Gasteiger partial charge < -0.3 is 15.5 Å². The minimum absolute atomic E-state index is 0.129. The molecule has 0 unspecified atom stereocenters. The summed E-state index contributed by atoms with van der Waals surface area (Å²) >= 11 is 1.29. The Labute approximate surface area is 185 Å². The van der Waals surface area contributed by atoms with E-state index >= 15 is 0 Å². The molecule has 3 N–H and O–H groups in total. The third-order valence-corrected chi connectivity index (χ3v) is 6.43. The Morgan fingerprint density at radius 1 is 1.31 bits per heavy atom. The SMILES string of the molecule is C[C@@]1(c2ccc(F)cc2)N=C(c2nccs2)NC(CN2C[C@H](F)C[C@H]2C(=O)O)=C1C(=O)O. The van der Waals surface area contributed by atoms with E-state index in [1.54, 1.807) is 18.5 Å². The number of amidine groups is 1. The fourth-order valence-electron chi connectivity index (χ4n) is 4.17. The number of aliphatic imine (C=N–C) groups is 1. The standard InChI is InChI=1S/C21H20F2N4O4S/c1-21(11-2-4-12(22)5-3-11)16(20(30)31)14(25-17(26-21)18-24-6-7-32-18)10-27-9-13(23)8-15(27)19(28)29/h2-7,13,15H,8-10H2,1H3,(H,25,26)(H,28,29)(H,30,31)/t13-,15+,21+/m1/s1. The molecule has 2 aliphatic rings. The molecule has 32 heavy (non-hydrogen) atoms. The van der Waals surface area contributed by atoms with Gasteiger partial charge in [0.2, 0.25) is 0 Å².